The first-order valence-corrected chi connectivity index (χ1v) is 15.4. The van der Waals surface area contributed by atoms with E-state index in [9.17, 15) is 28.8 Å². The van der Waals surface area contributed by atoms with Gasteiger partial charge in [0.05, 0.1) is 12.1 Å². The topological polar surface area (TPSA) is 171 Å². The Bertz CT molecular complexity index is 1040. The van der Waals surface area contributed by atoms with Crippen LogP contribution in [0.1, 0.15) is 87.5 Å². The van der Waals surface area contributed by atoms with Gasteiger partial charge >= 0.3 is 6.03 Å². The van der Waals surface area contributed by atoms with E-state index in [1.165, 1.54) is 9.80 Å². The van der Waals surface area contributed by atoms with Gasteiger partial charge in [0.25, 0.3) is 5.91 Å². The third kappa shape index (κ3) is 9.66. The summed E-state index contributed by atoms with van der Waals surface area (Å²) in [4.78, 5) is 80.0. The minimum Gasteiger partial charge on any atom is -0.363 e. The van der Waals surface area contributed by atoms with Gasteiger partial charge in [0, 0.05) is 20.1 Å². The lowest BCUT2D eigenvalue weighted by molar-refractivity contribution is -0.144. The van der Waals surface area contributed by atoms with Crippen LogP contribution in [0, 0.1) is 28.6 Å². The van der Waals surface area contributed by atoms with E-state index >= 15 is 0 Å². The van der Waals surface area contributed by atoms with E-state index in [-0.39, 0.29) is 29.7 Å². The third-order valence-corrected chi connectivity index (χ3v) is 8.91. The number of likely N-dealkylation sites (tertiary alicyclic amines) is 1. The highest BCUT2D eigenvalue weighted by Crippen LogP contribution is 2.34. The largest absolute Gasteiger partial charge is 0.363 e. The molecule has 0 aromatic heterocycles. The van der Waals surface area contributed by atoms with Crippen molar-refractivity contribution in [3.8, 4) is 0 Å². The number of hydrogen-bond acceptors (Lipinski definition) is 6. The number of hydrogen-bond donors (Lipinski definition) is 4. The Hall–Kier alpha value is -3.18. The van der Waals surface area contributed by atoms with Gasteiger partial charge in [-0.2, -0.15) is 0 Å². The number of Topliss-reactive ketones (excluding diaryl/α,β-unsaturated/α-hetero) is 1. The summed E-state index contributed by atoms with van der Waals surface area (Å²) in [5.74, 6) is -2.73. The predicted octanol–water partition coefficient (Wildman–Crippen LogP) is 1.81. The standard InChI is InChI=1S/C31H54N6O6/c1-18(2)20-13-14-37(23(20)27(41)33-21(24(39)26(32)40)15-19-11-10-12-19)28(42)25(31(6,7)8)35-29(43)34-22(30(3,4)5)16-36(9)17-38/h17-23,25H,10-16H2,1-9H3,(H2,32,40)(H,33,41)(H2,34,35,43)/t20-,21?,22-,23+,25-/m1/s1. The van der Waals surface area contributed by atoms with Crippen molar-refractivity contribution in [3.63, 3.8) is 0 Å². The minimum absolute atomic E-state index is 0.0529. The maximum absolute atomic E-state index is 14.2. The van der Waals surface area contributed by atoms with E-state index in [4.69, 9.17) is 5.73 Å². The van der Waals surface area contributed by atoms with E-state index in [2.05, 4.69) is 16.0 Å². The lowest BCUT2D eigenvalue weighted by Crippen LogP contribution is -2.62. The fourth-order valence-electron chi connectivity index (χ4n) is 5.83. The zero-order valence-electron chi connectivity index (χ0n) is 27.5. The number of nitrogens with one attached hydrogen (secondary N) is 3. The number of primary amides is 1. The zero-order valence-corrected chi connectivity index (χ0v) is 27.5. The van der Waals surface area contributed by atoms with Crippen LogP contribution in [0.25, 0.3) is 0 Å². The van der Waals surface area contributed by atoms with Gasteiger partial charge in [0.15, 0.2) is 0 Å². The quantitative estimate of drug-likeness (QED) is 0.184. The van der Waals surface area contributed by atoms with Crippen LogP contribution in [-0.2, 0) is 24.0 Å². The number of urea groups is 1. The van der Waals surface area contributed by atoms with Crippen LogP contribution in [0.15, 0.2) is 0 Å². The van der Waals surface area contributed by atoms with Crippen molar-refractivity contribution in [1.29, 1.82) is 0 Å². The maximum Gasteiger partial charge on any atom is 0.315 e. The van der Waals surface area contributed by atoms with Crippen molar-refractivity contribution < 1.29 is 28.8 Å². The summed E-state index contributed by atoms with van der Waals surface area (Å²) < 4.78 is 0. The second-order valence-electron chi connectivity index (χ2n) is 14.9. The summed E-state index contributed by atoms with van der Waals surface area (Å²) in [5.41, 5.74) is 4.22. The number of nitrogens with two attached hydrogens (primary N) is 1. The average molecular weight is 607 g/mol. The number of nitrogens with zero attached hydrogens (tertiary/aromatic N) is 2. The molecule has 5 N–H and O–H groups in total. The van der Waals surface area contributed by atoms with Gasteiger partial charge in [-0.1, -0.05) is 74.7 Å². The van der Waals surface area contributed by atoms with Crippen LogP contribution in [0.4, 0.5) is 4.79 Å². The van der Waals surface area contributed by atoms with Crippen LogP contribution in [0.2, 0.25) is 0 Å². The van der Waals surface area contributed by atoms with Crippen LogP contribution in [0.3, 0.4) is 0 Å². The fourth-order valence-corrected chi connectivity index (χ4v) is 5.83. The first kappa shape index (κ1) is 36.0. The number of rotatable bonds is 13. The number of amides is 6. The Morgan fingerprint density at radius 1 is 0.953 bits per heavy atom. The van der Waals surface area contributed by atoms with E-state index in [0.717, 1.165) is 19.3 Å². The Morgan fingerprint density at radius 3 is 2.00 bits per heavy atom. The van der Waals surface area contributed by atoms with Crippen molar-refractivity contribution in [3.05, 3.63) is 0 Å². The Kier molecular flexibility index (Phi) is 12.2. The smallest absolute Gasteiger partial charge is 0.315 e. The van der Waals surface area contributed by atoms with Crippen molar-refractivity contribution in [2.45, 2.75) is 112 Å². The van der Waals surface area contributed by atoms with Gasteiger partial charge in [-0.15, -0.1) is 0 Å². The highest BCUT2D eigenvalue weighted by Gasteiger charge is 2.48. The molecule has 1 aliphatic heterocycles. The highest BCUT2D eigenvalue weighted by molar-refractivity contribution is 6.37. The lowest BCUT2D eigenvalue weighted by Gasteiger charge is -2.38. The number of ketones is 1. The van der Waals surface area contributed by atoms with Gasteiger partial charge < -0.3 is 31.5 Å². The summed E-state index contributed by atoms with van der Waals surface area (Å²) in [6.45, 7) is 15.9. The minimum atomic E-state index is -1.10. The van der Waals surface area contributed by atoms with Gasteiger partial charge in [0.2, 0.25) is 24.0 Å². The van der Waals surface area contributed by atoms with Crippen LogP contribution < -0.4 is 21.7 Å². The molecule has 1 saturated carbocycles. The maximum atomic E-state index is 14.2. The van der Waals surface area contributed by atoms with Gasteiger partial charge in [-0.25, -0.2) is 4.79 Å². The molecular weight excluding hydrogens is 552 g/mol. The lowest BCUT2D eigenvalue weighted by atomic mass is 9.80. The fraction of sp³-hybridized carbons (Fsp3) is 0.806. The second-order valence-corrected chi connectivity index (χ2v) is 14.9. The van der Waals surface area contributed by atoms with Crippen molar-refractivity contribution in [2.75, 3.05) is 20.1 Å². The molecule has 43 heavy (non-hydrogen) atoms. The molecule has 1 aliphatic carbocycles. The summed E-state index contributed by atoms with van der Waals surface area (Å²) in [6, 6.07) is -3.85. The molecule has 0 bridgehead atoms. The molecule has 5 atom stereocenters. The van der Waals surface area contributed by atoms with E-state index < -0.39 is 59.1 Å². The molecule has 0 radical (unpaired) electrons. The molecule has 12 heteroatoms. The van der Waals surface area contributed by atoms with Crippen LogP contribution in [-0.4, -0.2) is 90.1 Å². The Morgan fingerprint density at radius 2 is 1.56 bits per heavy atom. The normalized spacial score (nSPS) is 21.3. The van der Waals surface area contributed by atoms with Crippen LogP contribution >= 0.6 is 0 Å². The van der Waals surface area contributed by atoms with Crippen LogP contribution in [0.5, 0.6) is 0 Å². The van der Waals surface area contributed by atoms with E-state index in [1.54, 1.807) is 7.05 Å². The molecule has 0 aromatic carbocycles. The first-order chi connectivity index (χ1) is 19.8. The molecule has 1 unspecified atom stereocenters. The SMILES string of the molecule is CC(C)[C@H]1CCN(C(=O)[C@@H](NC(=O)N[C@H](CN(C)C=O)C(C)(C)C)C(C)(C)C)[C@@H]1C(=O)NC(CC1CCC1)C(=O)C(N)=O. The summed E-state index contributed by atoms with van der Waals surface area (Å²) in [7, 11) is 1.63. The number of carbonyl (C=O) groups excluding carboxylic acids is 6. The Balaban J connectivity index is 2.32. The molecule has 244 valence electrons. The molecule has 1 heterocycles. The zero-order chi connectivity index (χ0) is 32.9. The summed E-state index contributed by atoms with van der Waals surface area (Å²) in [6.07, 6.45) is 4.48. The molecule has 0 spiro atoms. The van der Waals surface area contributed by atoms with E-state index in [1.807, 2.05) is 55.4 Å². The van der Waals surface area contributed by atoms with E-state index in [0.29, 0.717) is 25.8 Å². The molecular formula is C31H54N6O6. The molecule has 2 aliphatic rings. The number of carbonyl (C=O) groups is 6. The highest BCUT2D eigenvalue weighted by atomic mass is 16.2. The summed E-state index contributed by atoms with van der Waals surface area (Å²) >= 11 is 0. The van der Waals surface area contributed by atoms with Gasteiger partial charge in [-0.05, 0) is 41.4 Å². The third-order valence-electron chi connectivity index (χ3n) is 8.91. The van der Waals surface area contributed by atoms with Gasteiger partial charge in [-0.3, -0.25) is 24.0 Å². The van der Waals surface area contributed by atoms with Crippen molar-refractivity contribution in [2.24, 2.45) is 34.3 Å². The van der Waals surface area contributed by atoms with Gasteiger partial charge in [0.1, 0.15) is 12.1 Å². The summed E-state index contributed by atoms with van der Waals surface area (Å²) in [5, 5.41) is 8.56. The van der Waals surface area contributed by atoms with Crippen molar-refractivity contribution >= 4 is 35.9 Å². The molecule has 6 amide bonds. The van der Waals surface area contributed by atoms with Crippen molar-refractivity contribution in [1.82, 2.24) is 25.8 Å². The molecule has 2 rings (SSSR count). The molecule has 12 nitrogen and oxygen atoms in total. The first-order valence-electron chi connectivity index (χ1n) is 15.4. The monoisotopic (exact) mass is 606 g/mol. The average Bonchev–Trinajstić information content (AvgIpc) is 3.31. The molecule has 2 fully saturated rings. The Labute approximate surface area is 256 Å². The predicted molar refractivity (Wildman–Crippen MR) is 163 cm³/mol. The number of likely N-dealkylation sites (N-methyl/N-ethyl adjacent to an activating group) is 1. The second kappa shape index (κ2) is 14.5. The molecule has 1 saturated heterocycles. The molecule has 0 aromatic rings.